The molecule has 0 aliphatic rings. The molecule has 0 aliphatic heterocycles. The molecule has 0 saturated heterocycles. The van der Waals surface area contributed by atoms with Gasteiger partial charge in [-0.2, -0.15) is 0 Å². The second-order valence-electron chi connectivity index (χ2n) is 3.31. The molecule has 0 aromatic heterocycles. The van der Waals surface area contributed by atoms with Crippen LogP contribution in [0.1, 0.15) is 33.6 Å². The standard InChI is InChI=1S/C10H21N/c1-6-9(3)8-11(5)10(4)7-2/h9H,4,6-8H2,1-3,5H3. The summed E-state index contributed by atoms with van der Waals surface area (Å²) in [5, 5.41) is 0. The maximum absolute atomic E-state index is 3.99. The molecule has 0 heterocycles. The SMILES string of the molecule is C=C(CC)N(C)CC(C)CC. The molecule has 66 valence electrons. The average Bonchev–Trinajstić information content (AvgIpc) is 2.02. The largest absolute Gasteiger partial charge is 0.378 e. The zero-order chi connectivity index (χ0) is 8.85. The number of allylic oxidation sites excluding steroid dienone is 1. The molecule has 0 radical (unpaired) electrons. The van der Waals surface area contributed by atoms with Gasteiger partial charge >= 0.3 is 0 Å². The highest BCUT2D eigenvalue weighted by Crippen LogP contribution is 2.08. The quantitative estimate of drug-likeness (QED) is 0.590. The molecular weight excluding hydrogens is 134 g/mol. The first-order valence-corrected chi connectivity index (χ1v) is 4.50. The van der Waals surface area contributed by atoms with E-state index >= 15 is 0 Å². The van der Waals surface area contributed by atoms with E-state index in [4.69, 9.17) is 0 Å². The van der Waals surface area contributed by atoms with Crippen LogP contribution in [0.15, 0.2) is 12.3 Å². The summed E-state index contributed by atoms with van der Waals surface area (Å²) in [6, 6.07) is 0. The molecule has 0 amide bonds. The van der Waals surface area contributed by atoms with Gasteiger partial charge in [-0.05, 0) is 12.3 Å². The Bertz CT molecular complexity index is 118. The normalized spacial score (nSPS) is 12.7. The van der Waals surface area contributed by atoms with Crippen LogP contribution in [-0.2, 0) is 0 Å². The molecule has 0 aromatic rings. The fourth-order valence-corrected chi connectivity index (χ4v) is 0.996. The van der Waals surface area contributed by atoms with Gasteiger partial charge < -0.3 is 4.90 Å². The Labute approximate surface area is 71.1 Å². The van der Waals surface area contributed by atoms with Crippen molar-refractivity contribution in [3.05, 3.63) is 12.3 Å². The van der Waals surface area contributed by atoms with Crippen LogP contribution in [0.4, 0.5) is 0 Å². The van der Waals surface area contributed by atoms with E-state index in [9.17, 15) is 0 Å². The number of nitrogens with zero attached hydrogens (tertiary/aromatic N) is 1. The van der Waals surface area contributed by atoms with Crippen molar-refractivity contribution in [2.75, 3.05) is 13.6 Å². The maximum atomic E-state index is 3.99. The van der Waals surface area contributed by atoms with Crippen LogP contribution < -0.4 is 0 Å². The van der Waals surface area contributed by atoms with Crippen LogP contribution >= 0.6 is 0 Å². The summed E-state index contributed by atoms with van der Waals surface area (Å²) in [5.41, 5.74) is 1.24. The highest BCUT2D eigenvalue weighted by Gasteiger charge is 2.03. The van der Waals surface area contributed by atoms with E-state index in [1.54, 1.807) is 0 Å². The van der Waals surface area contributed by atoms with E-state index < -0.39 is 0 Å². The molecule has 1 nitrogen and oxygen atoms in total. The lowest BCUT2D eigenvalue weighted by atomic mass is 10.1. The molecule has 0 fully saturated rings. The Balaban J connectivity index is 3.67. The van der Waals surface area contributed by atoms with Crippen molar-refractivity contribution in [2.45, 2.75) is 33.6 Å². The van der Waals surface area contributed by atoms with Gasteiger partial charge in [0.15, 0.2) is 0 Å². The van der Waals surface area contributed by atoms with Crippen LogP contribution in [0.2, 0.25) is 0 Å². The molecule has 1 atom stereocenters. The summed E-state index contributed by atoms with van der Waals surface area (Å²) in [6.07, 6.45) is 2.31. The van der Waals surface area contributed by atoms with Crippen molar-refractivity contribution in [2.24, 2.45) is 5.92 Å². The van der Waals surface area contributed by atoms with Gasteiger partial charge in [0.2, 0.25) is 0 Å². The van der Waals surface area contributed by atoms with E-state index in [-0.39, 0.29) is 0 Å². The molecule has 1 unspecified atom stereocenters. The Morgan fingerprint density at radius 2 is 2.00 bits per heavy atom. The van der Waals surface area contributed by atoms with Crippen LogP contribution in [0.3, 0.4) is 0 Å². The predicted molar refractivity (Wildman–Crippen MR) is 51.5 cm³/mol. The summed E-state index contributed by atoms with van der Waals surface area (Å²) < 4.78 is 0. The highest BCUT2D eigenvalue weighted by molar-refractivity contribution is 4.90. The zero-order valence-corrected chi connectivity index (χ0v) is 8.35. The van der Waals surface area contributed by atoms with Gasteiger partial charge in [0.05, 0.1) is 0 Å². The van der Waals surface area contributed by atoms with E-state index in [1.807, 2.05) is 0 Å². The van der Waals surface area contributed by atoms with Crippen molar-refractivity contribution in [1.82, 2.24) is 4.90 Å². The van der Waals surface area contributed by atoms with E-state index in [2.05, 4.69) is 39.3 Å². The zero-order valence-electron chi connectivity index (χ0n) is 8.35. The molecule has 0 aromatic carbocycles. The average molecular weight is 155 g/mol. The molecule has 0 saturated carbocycles. The summed E-state index contributed by atoms with van der Waals surface area (Å²) in [7, 11) is 2.12. The summed E-state index contributed by atoms with van der Waals surface area (Å²) in [4.78, 5) is 2.26. The topological polar surface area (TPSA) is 3.24 Å². The van der Waals surface area contributed by atoms with Gasteiger partial charge in [-0.15, -0.1) is 0 Å². The summed E-state index contributed by atoms with van der Waals surface area (Å²) in [6.45, 7) is 11.8. The van der Waals surface area contributed by atoms with Gasteiger partial charge in [0.1, 0.15) is 0 Å². The number of hydrogen-bond acceptors (Lipinski definition) is 1. The van der Waals surface area contributed by atoms with Crippen LogP contribution in [0.25, 0.3) is 0 Å². The fraction of sp³-hybridized carbons (Fsp3) is 0.800. The minimum absolute atomic E-state index is 0.781. The number of rotatable bonds is 5. The van der Waals surface area contributed by atoms with Crippen molar-refractivity contribution < 1.29 is 0 Å². The van der Waals surface area contributed by atoms with Gasteiger partial charge in [-0.25, -0.2) is 0 Å². The number of hydrogen-bond donors (Lipinski definition) is 0. The van der Waals surface area contributed by atoms with Crippen molar-refractivity contribution in [3.8, 4) is 0 Å². The molecule has 0 rings (SSSR count). The van der Waals surface area contributed by atoms with Crippen molar-refractivity contribution >= 4 is 0 Å². The Morgan fingerprint density at radius 3 is 2.36 bits per heavy atom. The lowest BCUT2D eigenvalue weighted by molar-refractivity contribution is 0.335. The lowest BCUT2D eigenvalue weighted by Gasteiger charge is -2.23. The minimum atomic E-state index is 0.781. The first kappa shape index (κ1) is 10.5. The Kier molecular flexibility index (Phi) is 5.01. The maximum Gasteiger partial charge on any atom is 0.0197 e. The molecule has 11 heavy (non-hydrogen) atoms. The van der Waals surface area contributed by atoms with Crippen molar-refractivity contribution in [1.29, 1.82) is 0 Å². The van der Waals surface area contributed by atoms with E-state index in [0.29, 0.717) is 0 Å². The summed E-state index contributed by atoms with van der Waals surface area (Å²) in [5.74, 6) is 0.781. The third-order valence-electron chi connectivity index (χ3n) is 2.23. The van der Waals surface area contributed by atoms with Gasteiger partial charge in [0.25, 0.3) is 0 Å². The van der Waals surface area contributed by atoms with Crippen molar-refractivity contribution in [3.63, 3.8) is 0 Å². The second kappa shape index (κ2) is 5.22. The molecule has 0 bridgehead atoms. The Hall–Kier alpha value is -0.460. The van der Waals surface area contributed by atoms with Gasteiger partial charge in [-0.3, -0.25) is 0 Å². The first-order chi connectivity index (χ1) is 5.11. The second-order valence-corrected chi connectivity index (χ2v) is 3.31. The lowest BCUT2D eigenvalue weighted by Crippen LogP contribution is -2.22. The molecular formula is C10H21N. The third-order valence-corrected chi connectivity index (χ3v) is 2.23. The molecule has 0 spiro atoms. The predicted octanol–water partition coefficient (Wildman–Crippen LogP) is 2.89. The smallest absolute Gasteiger partial charge is 0.0197 e. The molecule has 0 aliphatic carbocycles. The van der Waals surface area contributed by atoms with Crippen LogP contribution in [-0.4, -0.2) is 18.5 Å². The van der Waals surface area contributed by atoms with Gasteiger partial charge in [0, 0.05) is 19.3 Å². The molecule has 0 N–H and O–H groups in total. The third kappa shape index (κ3) is 4.07. The van der Waals surface area contributed by atoms with Gasteiger partial charge in [-0.1, -0.05) is 33.8 Å². The Morgan fingerprint density at radius 1 is 1.45 bits per heavy atom. The van der Waals surface area contributed by atoms with Crippen LogP contribution in [0, 0.1) is 5.92 Å². The van der Waals surface area contributed by atoms with Crippen LogP contribution in [0.5, 0.6) is 0 Å². The fourth-order valence-electron chi connectivity index (χ4n) is 0.996. The minimum Gasteiger partial charge on any atom is -0.378 e. The van der Waals surface area contributed by atoms with E-state index in [0.717, 1.165) is 18.9 Å². The highest BCUT2D eigenvalue weighted by atomic mass is 15.1. The summed E-state index contributed by atoms with van der Waals surface area (Å²) >= 11 is 0. The first-order valence-electron chi connectivity index (χ1n) is 4.50. The molecule has 1 heteroatoms. The van der Waals surface area contributed by atoms with E-state index in [1.165, 1.54) is 12.1 Å². The monoisotopic (exact) mass is 155 g/mol.